The predicted octanol–water partition coefficient (Wildman–Crippen LogP) is 5.09. The number of hydrogen-bond donors (Lipinski definition) is 1. The Kier molecular flexibility index (Phi) is 6.57. The first-order valence-electron chi connectivity index (χ1n) is 7.87. The van der Waals surface area contributed by atoms with Gasteiger partial charge < -0.3 is 14.8 Å². The maximum absolute atomic E-state index is 5.70. The Bertz CT molecular complexity index is 750. The number of halogens is 1. The summed E-state index contributed by atoms with van der Waals surface area (Å²) in [5.74, 6) is 3.81. The van der Waals surface area contributed by atoms with Crippen molar-refractivity contribution in [2.75, 3.05) is 18.5 Å². The summed E-state index contributed by atoms with van der Waals surface area (Å²) in [7, 11) is 0. The van der Waals surface area contributed by atoms with Crippen molar-refractivity contribution in [1.29, 1.82) is 0 Å². The zero-order valence-corrected chi connectivity index (χ0v) is 15.9. The van der Waals surface area contributed by atoms with Gasteiger partial charge in [0.05, 0.1) is 11.1 Å². The summed E-state index contributed by atoms with van der Waals surface area (Å²) in [6.07, 6.45) is 5.28. The number of benzene rings is 2. The Balaban J connectivity index is 2.19. The summed E-state index contributed by atoms with van der Waals surface area (Å²) < 4.78 is 12.1. The molecule has 24 heavy (non-hydrogen) atoms. The normalized spacial score (nSPS) is 10.1. The molecule has 2 aromatic rings. The molecule has 0 saturated carbocycles. The van der Waals surface area contributed by atoms with Crippen LogP contribution in [0.1, 0.15) is 23.6 Å². The molecule has 0 atom stereocenters. The van der Waals surface area contributed by atoms with Gasteiger partial charge in [-0.3, -0.25) is 0 Å². The van der Waals surface area contributed by atoms with Crippen molar-refractivity contribution in [3.63, 3.8) is 0 Å². The minimum absolute atomic E-state index is 0.207. The number of hydrogen-bond acceptors (Lipinski definition) is 3. The van der Waals surface area contributed by atoms with Crippen LogP contribution in [-0.4, -0.2) is 13.2 Å². The molecule has 0 fully saturated rings. The van der Waals surface area contributed by atoms with Crippen LogP contribution in [0, 0.1) is 26.2 Å². The summed E-state index contributed by atoms with van der Waals surface area (Å²) in [6, 6.07) is 10.4. The van der Waals surface area contributed by atoms with Crippen molar-refractivity contribution in [1.82, 2.24) is 0 Å². The first-order chi connectivity index (χ1) is 11.5. The Hall–Kier alpha value is -2.12. The lowest BCUT2D eigenvalue weighted by Gasteiger charge is -2.15. The molecule has 0 heterocycles. The molecule has 0 unspecified atom stereocenters. The fourth-order valence-corrected chi connectivity index (χ4v) is 3.05. The minimum Gasteiger partial charge on any atom is -0.490 e. The van der Waals surface area contributed by atoms with Gasteiger partial charge in [0.15, 0.2) is 11.5 Å². The van der Waals surface area contributed by atoms with Gasteiger partial charge in [-0.2, -0.15) is 0 Å². The zero-order valence-electron chi connectivity index (χ0n) is 14.3. The molecule has 0 aromatic heterocycles. The molecule has 0 aliphatic rings. The van der Waals surface area contributed by atoms with Gasteiger partial charge in [0, 0.05) is 12.2 Å². The highest BCUT2D eigenvalue weighted by Gasteiger charge is 2.12. The molecule has 0 saturated heterocycles. The second-order valence-electron chi connectivity index (χ2n) is 5.50. The Labute approximate surface area is 152 Å². The summed E-state index contributed by atoms with van der Waals surface area (Å²) in [4.78, 5) is 0. The lowest BCUT2D eigenvalue weighted by molar-refractivity contribution is 0.297. The number of anilines is 1. The van der Waals surface area contributed by atoms with Crippen LogP contribution in [-0.2, 0) is 6.54 Å². The largest absolute Gasteiger partial charge is 0.490 e. The SMILES string of the molecule is C#CCOc1c(Br)cc(CNc2ccc(C)cc2C)cc1OCC. The van der Waals surface area contributed by atoms with Crippen molar-refractivity contribution < 1.29 is 9.47 Å². The van der Waals surface area contributed by atoms with Gasteiger partial charge in [-0.15, -0.1) is 6.42 Å². The van der Waals surface area contributed by atoms with E-state index in [-0.39, 0.29) is 6.61 Å². The lowest BCUT2D eigenvalue weighted by atomic mass is 10.1. The van der Waals surface area contributed by atoms with E-state index in [0.29, 0.717) is 24.7 Å². The minimum atomic E-state index is 0.207. The molecule has 0 amide bonds. The number of rotatable bonds is 7. The molecular weight excluding hydrogens is 366 g/mol. The monoisotopic (exact) mass is 387 g/mol. The smallest absolute Gasteiger partial charge is 0.176 e. The molecule has 0 bridgehead atoms. The van der Waals surface area contributed by atoms with Crippen LogP contribution >= 0.6 is 15.9 Å². The van der Waals surface area contributed by atoms with Crippen molar-refractivity contribution >= 4 is 21.6 Å². The average Bonchev–Trinajstić information content (AvgIpc) is 2.53. The highest BCUT2D eigenvalue weighted by molar-refractivity contribution is 9.10. The predicted molar refractivity (Wildman–Crippen MR) is 103 cm³/mol. The molecular formula is C20H22BrNO2. The number of ether oxygens (including phenoxy) is 2. The second kappa shape index (κ2) is 8.65. The van der Waals surface area contributed by atoms with Gasteiger partial charge in [0.25, 0.3) is 0 Å². The van der Waals surface area contributed by atoms with E-state index >= 15 is 0 Å². The summed E-state index contributed by atoms with van der Waals surface area (Å²) in [5, 5.41) is 3.47. The van der Waals surface area contributed by atoms with Crippen LogP contribution in [0.25, 0.3) is 0 Å². The van der Waals surface area contributed by atoms with Gasteiger partial charge in [-0.05, 0) is 66.0 Å². The second-order valence-corrected chi connectivity index (χ2v) is 6.36. The van der Waals surface area contributed by atoms with E-state index in [1.807, 2.05) is 19.1 Å². The van der Waals surface area contributed by atoms with E-state index in [2.05, 4.69) is 59.2 Å². The van der Waals surface area contributed by atoms with Crippen molar-refractivity contribution in [3.8, 4) is 23.8 Å². The van der Waals surface area contributed by atoms with Crippen LogP contribution in [0.5, 0.6) is 11.5 Å². The van der Waals surface area contributed by atoms with E-state index < -0.39 is 0 Å². The maximum Gasteiger partial charge on any atom is 0.176 e. The van der Waals surface area contributed by atoms with Crippen molar-refractivity contribution in [2.45, 2.75) is 27.3 Å². The number of terminal acetylenes is 1. The van der Waals surface area contributed by atoms with E-state index in [1.54, 1.807) is 0 Å². The van der Waals surface area contributed by atoms with E-state index in [4.69, 9.17) is 15.9 Å². The first kappa shape index (κ1) is 18.2. The average molecular weight is 388 g/mol. The fraction of sp³-hybridized carbons (Fsp3) is 0.300. The molecule has 2 rings (SSSR count). The molecule has 1 N–H and O–H groups in total. The summed E-state index contributed by atoms with van der Waals surface area (Å²) >= 11 is 3.55. The van der Waals surface area contributed by atoms with E-state index in [9.17, 15) is 0 Å². The van der Waals surface area contributed by atoms with Crippen LogP contribution in [0.15, 0.2) is 34.8 Å². The Morgan fingerprint density at radius 2 is 1.96 bits per heavy atom. The van der Waals surface area contributed by atoms with Gasteiger partial charge in [0.1, 0.15) is 6.61 Å². The number of nitrogens with one attached hydrogen (secondary N) is 1. The van der Waals surface area contributed by atoms with Crippen molar-refractivity contribution in [2.24, 2.45) is 0 Å². The van der Waals surface area contributed by atoms with Gasteiger partial charge in [0.2, 0.25) is 0 Å². The molecule has 0 radical (unpaired) electrons. The van der Waals surface area contributed by atoms with E-state index in [0.717, 1.165) is 15.7 Å². The summed E-state index contributed by atoms with van der Waals surface area (Å²) in [6.45, 7) is 7.61. The maximum atomic E-state index is 5.70. The quantitative estimate of drug-likeness (QED) is 0.671. The van der Waals surface area contributed by atoms with Crippen LogP contribution in [0.3, 0.4) is 0 Å². The molecule has 2 aromatic carbocycles. The topological polar surface area (TPSA) is 30.5 Å². The van der Waals surface area contributed by atoms with Crippen LogP contribution in [0.2, 0.25) is 0 Å². The zero-order chi connectivity index (χ0) is 17.5. The lowest BCUT2D eigenvalue weighted by Crippen LogP contribution is -2.04. The standard InChI is InChI=1S/C20H22BrNO2/c1-5-9-24-20-17(21)11-16(12-19(20)23-6-2)13-22-18-8-7-14(3)10-15(18)4/h1,7-8,10-12,22H,6,9,13H2,2-4H3. The highest BCUT2D eigenvalue weighted by atomic mass is 79.9. The molecule has 3 nitrogen and oxygen atoms in total. The third-order valence-corrected chi connectivity index (χ3v) is 4.12. The van der Waals surface area contributed by atoms with Crippen molar-refractivity contribution in [3.05, 3.63) is 51.5 Å². The third kappa shape index (κ3) is 4.69. The van der Waals surface area contributed by atoms with E-state index in [1.165, 1.54) is 11.1 Å². The van der Waals surface area contributed by atoms with Gasteiger partial charge in [-0.25, -0.2) is 0 Å². The first-order valence-corrected chi connectivity index (χ1v) is 8.67. The fourth-order valence-electron chi connectivity index (χ4n) is 2.45. The summed E-state index contributed by atoms with van der Waals surface area (Å²) in [5.41, 5.74) is 4.71. The van der Waals surface area contributed by atoms with Gasteiger partial charge >= 0.3 is 0 Å². The highest BCUT2D eigenvalue weighted by Crippen LogP contribution is 2.37. The Morgan fingerprint density at radius 3 is 2.62 bits per heavy atom. The molecule has 4 heteroatoms. The van der Waals surface area contributed by atoms with Crippen LogP contribution in [0.4, 0.5) is 5.69 Å². The molecule has 0 aliphatic carbocycles. The molecule has 126 valence electrons. The number of aryl methyl sites for hydroxylation is 2. The molecule has 0 aliphatic heterocycles. The third-order valence-electron chi connectivity index (χ3n) is 3.53. The Morgan fingerprint density at radius 1 is 1.17 bits per heavy atom. The molecule has 0 spiro atoms. The van der Waals surface area contributed by atoms with Gasteiger partial charge in [-0.1, -0.05) is 23.6 Å². The van der Waals surface area contributed by atoms with Crippen LogP contribution < -0.4 is 14.8 Å².